The Bertz CT molecular complexity index is 958. The zero-order valence-corrected chi connectivity index (χ0v) is 17.1. The highest BCUT2D eigenvalue weighted by Gasteiger charge is 2.29. The molecule has 0 spiro atoms. The summed E-state index contributed by atoms with van der Waals surface area (Å²) < 4.78 is 15.5. The number of esters is 1. The molecule has 2 aromatic rings. The van der Waals surface area contributed by atoms with Gasteiger partial charge in [0, 0.05) is 17.8 Å². The Hall–Kier alpha value is -3.55. The predicted molar refractivity (Wildman–Crippen MR) is 110 cm³/mol. The number of rotatable bonds is 7. The number of methoxy groups -OCH3 is 2. The number of ether oxygens (including phenoxy) is 3. The van der Waals surface area contributed by atoms with E-state index in [9.17, 15) is 14.4 Å². The molecule has 0 bridgehead atoms. The second-order valence-electron chi connectivity index (χ2n) is 6.75. The number of benzene rings is 2. The summed E-state index contributed by atoms with van der Waals surface area (Å²) in [4.78, 5) is 38.7. The Morgan fingerprint density at radius 1 is 1.07 bits per heavy atom. The summed E-state index contributed by atoms with van der Waals surface area (Å²) in [7, 11) is 2.96. The number of carbonyl (C=O) groups excluding carboxylic acids is 3. The third-order valence-electron chi connectivity index (χ3n) is 4.85. The van der Waals surface area contributed by atoms with Crippen LogP contribution < -0.4 is 19.7 Å². The van der Waals surface area contributed by atoms with Crippen molar-refractivity contribution in [2.24, 2.45) is 0 Å². The zero-order valence-electron chi connectivity index (χ0n) is 17.1. The number of hydrogen-bond acceptors (Lipinski definition) is 6. The van der Waals surface area contributed by atoms with Gasteiger partial charge in [0.25, 0.3) is 11.8 Å². The lowest BCUT2D eigenvalue weighted by Crippen LogP contribution is -2.41. The number of fused-ring (bicyclic) bond motifs is 1. The fraction of sp³-hybridized carbons (Fsp3) is 0.318. The fourth-order valence-corrected chi connectivity index (χ4v) is 3.31. The third kappa shape index (κ3) is 4.53. The van der Waals surface area contributed by atoms with E-state index in [2.05, 4.69) is 5.32 Å². The summed E-state index contributed by atoms with van der Waals surface area (Å²) in [5, 5.41) is 2.48. The van der Waals surface area contributed by atoms with Crippen LogP contribution in [0, 0.1) is 0 Å². The van der Waals surface area contributed by atoms with Crippen molar-refractivity contribution in [3.8, 4) is 11.5 Å². The first kappa shape index (κ1) is 21.2. The lowest BCUT2D eigenvalue weighted by atomic mass is 10.2. The van der Waals surface area contributed by atoms with Crippen molar-refractivity contribution in [3.05, 3.63) is 53.6 Å². The molecule has 0 fully saturated rings. The molecule has 8 heteroatoms. The van der Waals surface area contributed by atoms with Gasteiger partial charge in [-0.1, -0.05) is 18.2 Å². The van der Waals surface area contributed by atoms with E-state index < -0.39 is 18.0 Å². The van der Waals surface area contributed by atoms with Crippen molar-refractivity contribution in [1.82, 2.24) is 5.32 Å². The van der Waals surface area contributed by atoms with Gasteiger partial charge in [0.05, 0.1) is 14.2 Å². The Morgan fingerprint density at radius 2 is 1.80 bits per heavy atom. The van der Waals surface area contributed by atoms with Crippen LogP contribution in [0.3, 0.4) is 0 Å². The van der Waals surface area contributed by atoms with Gasteiger partial charge in [0.2, 0.25) is 0 Å². The summed E-state index contributed by atoms with van der Waals surface area (Å²) in [6.45, 7) is 1.72. The first-order chi connectivity index (χ1) is 14.4. The monoisotopic (exact) mass is 412 g/mol. The van der Waals surface area contributed by atoms with Gasteiger partial charge in [0.1, 0.15) is 6.54 Å². The van der Waals surface area contributed by atoms with Crippen molar-refractivity contribution >= 4 is 23.5 Å². The number of amides is 2. The predicted octanol–water partition coefficient (Wildman–Crippen LogP) is 1.95. The molecule has 0 aliphatic carbocycles. The van der Waals surface area contributed by atoms with E-state index in [0.717, 1.165) is 17.7 Å². The number of nitrogens with zero attached hydrogens (tertiary/aromatic N) is 1. The Morgan fingerprint density at radius 3 is 2.53 bits per heavy atom. The minimum absolute atomic E-state index is 0.292. The average Bonchev–Trinajstić information content (AvgIpc) is 3.20. The summed E-state index contributed by atoms with van der Waals surface area (Å²) in [6, 6.07) is 12.3. The molecule has 2 aromatic carbocycles. The number of carbonyl (C=O) groups is 3. The molecule has 1 atom stereocenters. The van der Waals surface area contributed by atoms with Gasteiger partial charge in [-0.3, -0.25) is 14.4 Å². The van der Waals surface area contributed by atoms with Gasteiger partial charge in [-0.05, 0) is 43.2 Å². The summed E-state index contributed by atoms with van der Waals surface area (Å²) in [6.07, 6.45) is -0.189. The second-order valence-corrected chi connectivity index (χ2v) is 6.75. The van der Waals surface area contributed by atoms with Crippen LogP contribution in [-0.2, 0) is 20.7 Å². The molecule has 3 rings (SSSR count). The first-order valence-electron chi connectivity index (χ1n) is 9.53. The van der Waals surface area contributed by atoms with E-state index in [1.165, 1.54) is 27.2 Å². The normalized spacial score (nSPS) is 13.2. The van der Waals surface area contributed by atoms with Gasteiger partial charge in [-0.15, -0.1) is 0 Å². The molecule has 0 radical (unpaired) electrons. The molecule has 1 heterocycles. The van der Waals surface area contributed by atoms with Crippen molar-refractivity contribution in [2.45, 2.75) is 19.4 Å². The van der Waals surface area contributed by atoms with E-state index in [0.29, 0.717) is 23.6 Å². The lowest BCUT2D eigenvalue weighted by Gasteiger charge is -2.21. The highest BCUT2D eigenvalue weighted by atomic mass is 16.5. The number of hydrogen-bond donors (Lipinski definition) is 1. The highest BCUT2D eigenvalue weighted by molar-refractivity contribution is 6.00. The van der Waals surface area contributed by atoms with Gasteiger partial charge in [-0.2, -0.15) is 0 Å². The molecule has 1 aliphatic rings. The van der Waals surface area contributed by atoms with Crippen LogP contribution in [0.4, 0.5) is 5.69 Å². The maximum Gasteiger partial charge on any atom is 0.326 e. The molecule has 8 nitrogen and oxygen atoms in total. The average molecular weight is 412 g/mol. The Balaban J connectivity index is 1.53. The topological polar surface area (TPSA) is 94.2 Å². The van der Waals surface area contributed by atoms with Crippen LogP contribution in [0.15, 0.2) is 42.5 Å². The smallest absolute Gasteiger partial charge is 0.326 e. The van der Waals surface area contributed by atoms with E-state index in [-0.39, 0.29) is 12.5 Å². The fourth-order valence-electron chi connectivity index (χ4n) is 3.31. The number of nitrogens with one attached hydrogen (secondary N) is 1. The Kier molecular flexibility index (Phi) is 6.56. The number of anilines is 1. The molecular weight excluding hydrogens is 388 g/mol. The lowest BCUT2D eigenvalue weighted by molar-refractivity contribution is -0.152. The number of para-hydroxylation sites is 1. The summed E-state index contributed by atoms with van der Waals surface area (Å²) in [5.74, 6) is -0.570. The van der Waals surface area contributed by atoms with E-state index >= 15 is 0 Å². The van der Waals surface area contributed by atoms with Crippen molar-refractivity contribution in [1.29, 1.82) is 0 Å². The summed E-state index contributed by atoms with van der Waals surface area (Å²) in [5.41, 5.74) is 2.23. The quantitative estimate of drug-likeness (QED) is 0.699. The van der Waals surface area contributed by atoms with E-state index in [4.69, 9.17) is 14.2 Å². The van der Waals surface area contributed by atoms with Crippen molar-refractivity contribution in [2.75, 3.05) is 32.2 Å². The van der Waals surface area contributed by atoms with Crippen molar-refractivity contribution < 1.29 is 28.6 Å². The minimum atomic E-state index is -0.957. The minimum Gasteiger partial charge on any atom is -0.493 e. The largest absolute Gasteiger partial charge is 0.493 e. The molecule has 2 amide bonds. The molecule has 0 saturated carbocycles. The van der Waals surface area contributed by atoms with E-state index in [1.54, 1.807) is 17.0 Å². The molecule has 158 valence electrons. The first-order valence-corrected chi connectivity index (χ1v) is 9.53. The molecular formula is C22H24N2O6. The van der Waals surface area contributed by atoms with Gasteiger partial charge in [-0.25, -0.2) is 0 Å². The summed E-state index contributed by atoms with van der Waals surface area (Å²) >= 11 is 0. The maximum atomic E-state index is 12.7. The third-order valence-corrected chi connectivity index (χ3v) is 4.85. The van der Waals surface area contributed by atoms with Crippen molar-refractivity contribution in [3.63, 3.8) is 0 Å². The molecule has 1 N–H and O–H groups in total. The molecule has 1 aliphatic heterocycles. The zero-order chi connectivity index (χ0) is 21.7. The molecule has 1 unspecified atom stereocenters. The molecule has 30 heavy (non-hydrogen) atoms. The van der Waals surface area contributed by atoms with Crippen LogP contribution in [0.25, 0.3) is 0 Å². The standard InChI is InChI=1S/C22H24N2O6/c1-14(22(27)24-11-10-15-6-4-5-7-17(15)24)30-20(25)13-23-21(26)16-8-9-18(28-2)19(12-16)29-3/h4-9,12,14H,10-11,13H2,1-3H3,(H,23,26). The van der Waals surface area contributed by atoms with Crippen LogP contribution in [-0.4, -0.2) is 51.2 Å². The van der Waals surface area contributed by atoms with E-state index in [1.807, 2.05) is 24.3 Å². The SMILES string of the molecule is COc1ccc(C(=O)NCC(=O)OC(C)C(=O)N2CCc3ccccc32)cc1OC. The van der Waals surface area contributed by atoms with Gasteiger partial charge < -0.3 is 24.4 Å². The van der Waals surface area contributed by atoms with Gasteiger partial charge in [0.15, 0.2) is 17.6 Å². The molecule has 0 aromatic heterocycles. The van der Waals surface area contributed by atoms with Crippen LogP contribution in [0.5, 0.6) is 11.5 Å². The Labute approximate surface area is 174 Å². The second kappa shape index (κ2) is 9.30. The van der Waals surface area contributed by atoms with Crippen LogP contribution >= 0.6 is 0 Å². The highest BCUT2D eigenvalue weighted by Crippen LogP contribution is 2.28. The van der Waals surface area contributed by atoms with Gasteiger partial charge >= 0.3 is 5.97 Å². The maximum absolute atomic E-state index is 12.7. The molecule has 0 saturated heterocycles. The van der Waals surface area contributed by atoms with Crippen LogP contribution in [0.1, 0.15) is 22.8 Å². The van der Waals surface area contributed by atoms with Crippen LogP contribution in [0.2, 0.25) is 0 Å².